The number of benzene rings is 1. The van der Waals surface area contributed by atoms with Crippen LogP contribution in [0.25, 0.3) is 16.9 Å². The molecule has 1 saturated carbocycles. The van der Waals surface area contributed by atoms with Gasteiger partial charge in [-0.25, -0.2) is 19.3 Å². The summed E-state index contributed by atoms with van der Waals surface area (Å²) in [6.45, 7) is 2.42. The number of amides is 1. The van der Waals surface area contributed by atoms with Gasteiger partial charge in [0.15, 0.2) is 5.82 Å². The lowest BCUT2D eigenvalue weighted by Crippen LogP contribution is -2.39. The number of hydrogen-bond acceptors (Lipinski definition) is 6. The van der Waals surface area contributed by atoms with Gasteiger partial charge >= 0.3 is 5.69 Å². The van der Waals surface area contributed by atoms with Crippen molar-refractivity contribution in [2.75, 3.05) is 12.4 Å². The number of pyridine rings is 1. The van der Waals surface area contributed by atoms with E-state index in [0.717, 1.165) is 36.7 Å². The first-order valence-electron chi connectivity index (χ1n) is 12.1. The second-order valence-corrected chi connectivity index (χ2v) is 9.64. The number of halogens is 1. The first-order valence-corrected chi connectivity index (χ1v) is 12.5. The van der Waals surface area contributed by atoms with Gasteiger partial charge in [0.25, 0.3) is 5.91 Å². The summed E-state index contributed by atoms with van der Waals surface area (Å²) in [5.74, 6) is 1.32. The number of para-hydroxylation sites is 2. The van der Waals surface area contributed by atoms with Crippen LogP contribution in [-0.2, 0) is 6.54 Å². The van der Waals surface area contributed by atoms with Crippen molar-refractivity contribution in [3.05, 3.63) is 75.7 Å². The van der Waals surface area contributed by atoms with Gasteiger partial charge in [0.2, 0.25) is 0 Å². The highest BCUT2D eigenvalue weighted by Crippen LogP contribution is 2.27. The largest absolute Gasteiger partial charge is 0.372 e. The molecule has 0 spiro atoms. The van der Waals surface area contributed by atoms with Crippen molar-refractivity contribution in [2.45, 2.75) is 45.2 Å². The highest BCUT2D eigenvalue weighted by atomic mass is 35.5. The molecule has 0 saturated heterocycles. The summed E-state index contributed by atoms with van der Waals surface area (Å²) in [7, 11) is 1.78. The molecule has 0 unspecified atom stereocenters. The zero-order chi connectivity index (χ0) is 25.2. The molecule has 36 heavy (non-hydrogen) atoms. The summed E-state index contributed by atoms with van der Waals surface area (Å²) in [4.78, 5) is 39.2. The maximum Gasteiger partial charge on any atom is 0.334 e. The lowest BCUT2D eigenvalue weighted by atomic mass is 9.85. The molecule has 9 nitrogen and oxygen atoms in total. The third-order valence-corrected chi connectivity index (χ3v) is 7.09. The van der Waals surface area contributed by atoms with E-state index in [1.165, 1.54) is 0 Å². The molecular weight excluding hydrogens is 478 g/mol. The summed E-state index contributed by atoms with van der Waals surface area (Å²) < 4.78 is 3.46. The molecule has 10 heteroatoms. The van der Waals surface area contributed by atoms with Gasteiger partial charge in [-0.3, -0.25) is 14.3 Å². The van der Waals surface area contributed by atoms with Crippen LogP contribution in [0, 0.1) is 12.8 Å². The standard InChI is InChI=1S/C26H28ClN7O2/c1-16-20(11-18(27)12-29-16)25(35)32-19-9-7-17(8-10-19)15-33-21-5-3-4-6-22(21)34(26(33)36)24-14-30-23(28-2)13-31-24/h3-6,11-14,17,19H,7-10,15H2,1-2H3,(H,28,30)(H,32,35)/t17-,19-. The Balaban J connectivity index is 1.30. The Bertz CT molecular complexity index is 1450. The maximum atomic E-state index is 13.5. The van der Waals surface area contributed by atoms with Crippen LogP contribution in [0.5, 0.6) is 0 Å². The molecule has 0 aliphatic heterocycles. The number of carbonyl (C=O) groups is 1. The molecule has 0 atom stereocenters. The van der Waals surface area contributed by atoms with Crippen LogP contribution in [0.2, 0.25) is 5.02 Å². The predicted octanol–water partition coefficient (Wildman–Crippen LogP) is 3.97. The summed E-state index contributed by atoms with van der Waals surface area (Å²) in [6.07, 6.45) is 8.31. The quantitative estimate of drug-likeness (QED) is 0.410. The van der Waals surface area contributed by atoms with Crippen LogP contribution in [0.4, 0.5) is 5.82 Å². The molecule has 1 fully saturated rings. The number of nitrogens with one attached hydrogen (secondary N) is 2. The Morgan fingerprint density at radius 3 is 2.50 bits per heavy atom. The van der Waals surface area contributed by atoms with Crippen molar-refractivity contribution >= 4 is 34.4 Å². The van der Waals surface area contributed by atoms with Crippen molar-refractivity contribution in [3.63, 3.8) is 0 Å². The number of aromatic nitrogens is 5. The second kappa shape index (κ2) is 10.1. The first-order chi connectivity index (χ1) is 17.4. The van der Waals surface area contributed by atoms with Gasteiger partial charge in [0.1, 0.15) is 5.82 Å². The lowest BCUT2D eigenvalue weighted by Gasteiger charge is -2.29. The molecule has 1 aliphatic rings. The van der Waals surface area contributed by atoms with E-state index in [1.54, 1.807) is 43.2 Å². The van der Waals surface area contributed by atoms with Gasteiger partial charge in [-0.15, -0.1) is 0 Å². The van der Waals surface area contributed by atoms with Gasteiger partial charge in [-0.1, -0.05) is 23.7 Å². The summed E-state index contributed by atoms with van der Waals surface area (Å²) in [5.41, 5.74) is 2.73. The Kier molecular flexibility index (Phi) is 6.73. The average Bonchev–Trinajstić information content (AvgIpc) is 3.17. The minimum Gasteiger partial charge on any atom is -0.372 e. The van der Waals surface area contributed by atoms with E-state index in [-0.39, 0.29) is 17.6 Å². The second-order valence-electron chi connectivity index (χ2n) is 9.20. The van der Waals surface area contributed by atoms with Crippen LogP contribution < -0.4 is 16.3 Å². The SMILES string of the molecule is CNc1cnc(-n2c(=O)n(C[C@H]3CC[C@H](NC(=O)c4cc(Cl)cnc4C)CC3)c3ccccc32)cn1. The van der Waals surface area contributed by atoms with Crippen LogP contribution in [0.1, 0.15) is 41.7 Å². The number of aryl methyl sites for hydroxylation is 1. The predicted molar refractivity (Wildman–Crippen MR) is 140 cm³/mol. The fourth-order valence-corrected chi connectivity index (χ4v) is 5.08. The third-order valence-electron chi connectivity index (χ3n) is 6.88. The van der Waals surface area contributed by atoms with Gasteiger partial charge in [0.05, 0.1) is 39.7 Å². The molecule has 1 aliphatic carbocycles. The van der Waals surface area contributed by atoms with E-state index in [0.29, 0.717) is 40.4 Å². The third kappa shape index (κ3) is 4.70. The van der Waals surface area contributed by atoms with Crippen molar-refractivity contribution in [3.8, 4) is 5.82 Å². The summed E-state index contributed by atoms with van der Waals surface area (Å²) in [6, 6.07) is 9.51. The molecule has 1 aromatic carbocycles. The molecule has 5 rings (SSSR count). The first kappa shape index (κ1) is 24.0. The summed E-state index contributed by atoms with van der Waals surface area (Å²) in [5, 5.41) is 6.53. The highest BCUT2D eigenvalue weighted by Gasteiger charge is 2.26. The van der Waals surface area contributed by atoms with Gasteiger partial charge in [0, 0.05) is 25.8 Å². The van der Waals surface area contributed by atoms with E-state index < -0.39 is 0 Å². The van der Waals surface area contributed by atoms with Gasteiger partial charge < -0.3 is 10.6 Å². The van der Waals surface area contributed by atoms with E-state index in [2.05, 4.69) is 25.6 Å². The Labute approximate surface area is 213 Å². The minimum atomic E-state index is -0.143. The monoisotopic (exact) mass is 505 g/mol. The molecule has 0 radical (unpaired) electrons. The molecule has 3 aromatic heterocycles. The van der Waals surface area contributed by atoms with Crippen LogP contribution >= 0.6 is 11.6 Å². The topological polar surface area (TPSA) is 107 Å². The Hall–Kier alpha value is -3.72. The van der Waals surface area contributed by atoms with Gasteiger partial charge in [-0.05, 0) is 56.7 Å². The number of hydrogen-bond donors (Lipinski definition) is 2. The highest BCUT2D eigenvalue weighted by molar-refractivity contribution is 6.30. The normalized spacial score (nSPS) is 17.8. The van der Waals surface area contributed by atoms with Crippen molar-refractivity contribution in [2.24, 2.45) is 5.92 Å². The number of carbonyl (C=O) groups excluding carboxylic acids is 1. The molecule has 4 aromatic rings. The average molecular weight is 506 g/mol. The number of rotatable bonds is 6. The van der Waals surface area contributed by atoms with E-state index in [9.17, 15) is 9.59 Å². The van der Waals surface area contributed by atoms with Crippen LogP contribution in [-0.4, -0.2) is 43.1 Å². The maximum absolute atomic E-state index is 13.5. The minimum absolute atomic E-state index is 0.0890. The zero-order valence-electron chi connectivity index (χ0n) is 20.2. The van der Waals surface area contributed by atoms with Crippen LogP contribution in [0.15, 0.2) is 53.7 Å². The molecular formula is C26H28ClN7O2. The van der Waals surface area contributed by atoms with E-state index in [1.807, 2.05) is 28.8 Å². The van der Waals surface area contributed by atoms with Crippen molar-refractivity contribution in [1.29, 1.82) is 0 Å². The van der Waals surface area contributed by atoms with E-state index >= 15 is 0 Å². The fraction of sp³-hybridized carbons (Fsp3) is 0.346. The Morgan fingerprint density at radius 1 is 1.06 bits per heavy atom. The van der Waals surface area contributed by atoms with Crippen molar-refractivity contribution < 1.29 is 4.79 Å². The number of imidazole rings is 1. The molecule has 1 amide bonds. The molecule has 3 heterocycles. The van der Waals surface area contributed by atoms with Crippen molar-refractivity contribution in [1.82, 2.24) is 29.4 Å². The zero-order valence-corrected chi connectivity index (χ0v) is 21.0. The van der Waals surface area contributed by atoms with E-state index in [4.69, 9.17) is 11.6 Å². The smallest absolute Gasteiger partial charge is 0.334 e. The lowest BCUT2D eigenvalue weighted by molar-refractivity contribution is 0.0919. The summed E-state index contributed by atoms with van der Waals surface area (Å²) >= 11 is 6.03. The number of nitrogens with zero attached hydrogens (tertiary/aromatic N) is 5. The van der Waals surface area contributed by atoms with Crippen LogP contribution in [0.3, 0.4) is 0 Å². The number of anilines is 1. The van der Waals surface area contributed by atoms with Gasteiger partial charge in [-0.2, -0.15) is 0 Å². The fourth-order valence-electron chi connectivity index (χ4n) is 4.92. The molecule has 2 N–H and O–H groups in total. The molecule has 0 bridgehead atoms. The Morgan fingerprint density at radius 2 is 1.81 bits per heavy atom. The number of fused-ring (bicyclic) bond motifs is 1. The molecule has 186 valence electrons.